The summed E-state index contributed by atoms with van der Waals surface area (Å²) < 4.78 is 21.3. The molecule has 0 bridgehead atoms. The van der Waals surface area contributed by atoms with Gasteiger partial charge in [0.2, 0.25) is 0 Å². The molecule has 2 aromatic heterocycles. The van der Waals surface area contributed by atoms with E-state index >= 15 is 0 Å². The van der Waals surface area contributed by atoms with E-state index in [-0.39, 0.29) is 23.0 Å². The molecule has 180 valence electrons. The SMILES string of the molecule is Cn1c(=O)c2nc(-c3ccc(OCCN4CCC(N)C4)cc3)nnc2n(-c2ccc(F)cc2)c1=O. The van der Waals surface area contributed by atoms with Gasteiger partial charge in [-0.25, -0.2) is 18.7 Å². The van der Waals surface area contributed by atoms with E-state index in [9.17, 15) is 14.0 Å². The summed E-state index contributed by atoms with van der Waals surface area (Å²) in [6.07, 6.45) is 1.01. The quantitative estimate of drug-likeness (QED) is 0.438. The molecule has 1 saturated heterocycles. The number of rotatable bonds is 6. The zero-order chi connectivity index (χ0) is 24.5. The first-order chi connectivity index (χ1) is 16.9. The number of likely N-dealkylation sites (tertiary alicyclic amines) is 1. The summed E-state index contributed by atoms with van der Waals surface area (Å²) in [4.78, 5) is 32.3. The first-order valence-corrected chi connectivity index (χ1v) is 11.2. The largest absolute Gasteiger partial charge is 0.492 e. The highest BCUT2D eigenvalue weighted by molar-refractivity contribution is 5.73. The molecule has 0 saturated carbocycles. The number of benzene rings is 2. The lowest BCUT2D eigenvalue weighted by atomic mass is 10.2. The number of nitrogens with zero attached hydrogens (tertiary/aromatic N) is 6. The third-order valence-corrected chi connectivity index (χ3v) is 6.05. The lowest BCUT2D eigenvalue weighted by molar-refractivity contribution is 0.236. The van der Waals surface area contributed by atoms with Gasteiger partial charge in [-0.2, -0.15) is 0 Å². The molecular weight excluding hydrogens is 453 g/mol. The highest BCUT2D eigenvalue weighted by atomic mass is 19.1. The molecule has 1 aliphatic heterocycles. The lowest BCUT2D eigenvalue weighted by Crippen LogP contribution is -2.38. The molecule has 3 heterocycles. The Bertz CT molecular complexity index is 1480. The number of ether oxygens (including phenoxy) is 1. The van der Waals surface area contributed by atoms with Gasteiger partial charge >= 0.3 is 5.69 Å². The van der Waals surface area contributed by atoms with Gasteiger partial charge in [0, 0.05) is 31.7 Å². The molecular formula is C24H24FN7O3. The van der Waals surface area contributed by atoms with Crippen molar-refractivity contribution in [2.45, 2.75) is 12.5 Å². The summed E-state index contributed by atoms with van der Waals surface area (Å²) in [5.41, 5.74) is 5.66. The third-order valence-electron chi connectivity index (χ3n) is 6.05. The minimum absolute atomic E-state index is 0.00459. The van der Waals surface area contributed by atoms with E-state index in [0.717, 1.165) is 30.6 Å². The summed E-state index contributed by atoms with van der Waals surface area (Å²) in [6.45, 7) is 3.25. The van der Waals surface area contributed by atoms with Gasteiger partial charge in [-0.3, -0.25) is 14.3 Å². The number of aromatic nitrogens is 5. The maximum absolute atomic E-state index is 13.4. The van der Waals surface area contributed by atoms with Crippen LogP contribution >= 0.6 is 0 Å². The van der Waals surface area contributed by atoms with Crippen LogP contribution in [0, 0.1) is 5.82 Å². The maximum Gasteiger partial charge on any atom is 0.337 e. The van der Waals surface area contributed by atoms with Crippen LogP contribution in [0.3, 0.4) is 0 Å². The number of fused-ring (bicyclic) bond motifs is 1. The molecule has 2 N–H and O–H groups in total. The Morgan fingerprint density at radius 3 is 2.51 bits per heavy atom. The van der Waals surface area contributed by atoms with Crippen molar-refractivity contribution < 1.29 is 9.13 Å². The topological polar surface area (TPSA) is 121 Å². The first kappa shape index (κ1) is 22.8. The van der Waals surface area contributed by atoms with E-state index in [2.05, 4.69) is 20.1 Å². The zero-order valence-corrected chi connectivity index (χ0v) is 19.1. The highest BCUT2D eigenvalue weighted by Crippen LogP contribution is 2.20. The van der Waals surface area contributed by atoms with Crippen LogP contribution in [-0.2, 0) is 7.05 Å². The molecule has 0 aliphatic carbocycles. The van der Waals surface area contributed by atoms with Gasteiger partial charge in [-0.05, 0) is 61.5 Å². The Morgan fingerprint density at radius 1 is 1.09 bits per heavy atom. The summed E-state index contributed by atoms with van der Waals surface area (Å²) in [5, 5.41) is 8.28. The fourth-order valence-electron chi connectivity index (χ4n) is 4.10. The molecule has 2 aromatic carbocycles. The molecule has 1 aliphatic rings. The van der Waals surface area contributed by atoms with Crippen LogP contribution in [0.15, 0.2) is 58.1 Å². The summed E-state index contributed by atoms with van der Waals surface area (Å²) in [5.74, 6) is 0.485. The van der Waals surface area contributed by atoms with Gasteiger partial charge in [0.15, 0.2) is 17.0 Å². The first-order valence-electron chi connectivity index (χ1n) is 11.2. The normalized spacial score (nSPS) is 16.1. The zero-order valence-electron chi connectivity index (χ0n) is 19.1. The molecule has 0 radical (unpaired) electrons. The van der Waals surface area contributed by atoms with Gasteiger partial charge in [0.05, 0.1) is 5.69 Å². The van der Waals surface area contributed by atoms with Crippen molar-refractivity contribution in [3.8, 4) is 22.8 Å². The smallest absolute Gasteiger partial charge is 0.337 e. The second kappa shape index (κ2) is 9.35. The van der Waals surface area contributed by atoms with Crippen molar-refractivity contribution in [2.24, 2.45) is 12.8 Å². The molecule has 4 aromatic rings. The van der Waals surface area contributed by atoms with E-state index in [4.69, 9.17) is 10.5 Å². The fourth-order valence-corrected chi connectivity index (χ4v) is 4.10. The Hall–Kier alpha value is -3.96. The van der Waals surface area contributed by atoms with Crippen molar-refractivity contribution in [3.05, 3.63) is 75.2 Å². The van der Waals surface area contributed by atoms with Crippen LogP contribution in [0.25, 0.3) is 28.2 Å². The van der Waals surface area contributed by atoms with Crippen LogP contribution in [0.4, 0.5) is 4.39 Å². The van der Waals surface area contributed by atoms with Gasteiger partial charge in [0.1, 0.15) is 18.2 Å². The van der Waals surface area contributed by atoms with Crippen LogP contribution in [0.5, 0.6) is 5.75 Å². The Morgan fingerprint density at radius 2 is 1.83 bits per heavy atom. The highest BCUT2D eigenvalue weighted by Gasteiger charge is 2.19. The number of halogens is 1. The number of hydrogen-bond donors (Lipinski definition) is 1. The van der Waals surface area contributed by atoms with Gasteiger partial charge < -0.3 is 10.5 Å². The van der Waals surface area contributed by atoms with Gasteiger partial charge in [-0.15, -0.1) is 10.2 Å². The van der Waals surface area contributed by atoms with E-state index in [0.29, 0.717) is 23.6 Å². The van der Waals surface area contributed by atoms with Gasteiger partial charge in [-0.1, -0.05) is 0 Å². The average Bonchev–Trinajstić information content (AvgIpc) is 3.29. The molecule has 10 nitrogen and oxygen atoms in total. The minimum Gasteiger partial charge on any atom is -0.492 e. The number of nitrogens with two attached hydrogens (primary N) is 1. The fraction of sp³-hybridized carbons (Fsp3) is 0.292. The minimum atomic E-state index is -0.629. The summed E-state index contributed by atoms with van der Waals surface area (Å²) >= 11 is 0. The molecule has 35 heavy (non-hydrogen) atoms. The van der Waals surface area contributed by atoms with Crippen LogP contribution in [0.2, 0.25) is 0 Å². The van der Waals surface area contributed by atoms with E-state index in [1.807, 2.05) is 0 Å². The second-order valence-electron chi connectivity index (χ2n) is 8.49. The predicted octanol–water partition coefficient (Wildman–Crippen LogP) is 1.09. The Labute approximate surface area is 199 Å². The Balaban J connectivity index is 1.42. The lowest BCUT2D eigenvalue weighted by Gasteiger charge is -2.15. The van der Waals surface area contributed by atoms with Crippen LogP contribution in [-0.4, -0.2) is 61.5 Å². The molecule has 11 heteroatoms. The van der Waals surface area contributed by atoms with Crippen LogP contribution in [0.1, 0.15) is 6.42 Å². The summed E-state index contributed by atoms with van der Waals surface area (Å²) in [7, 11) is 1.36. The second-order valence-corrected chi connectivity index (χ2v) is 8.49. The molecule has 1 fully saturated rings. The monoisotopic (exact) mass is 477 g/mol. The predicted molar refractivity (Wildman–Crippen MR) is 128 cm³/mol. The van der Waals surface area contributed by atoms with Crippen molar-refractivity contribution in [1.29, 1.82) is 0 Å². The van der Waals surface area contributed by atoms with Crippen molar-refractivity contribution in [2.75, 3.05) is 26.2 Å². The average molecular weight is 478 g/mol. The van der Waals surface area contributed by atoms with Crippen molar-refractivity contribution in [1.82, 2.24) is 29.2 Å². The van der Waals surface area contributed by atoms with Crippen molar-refractivity contribution >= 4 is 11.2 Å². The third kappa shape index (κ3) is 4.55. The van der Waals surface area contributed by atoms with Gasteiger partial charge in [0.25, 0.3) is 5.56 Å². The maximum atomic E-state index is 13.4. The Kier molecular flexibility index (Phi) is 6.10. The van der Waals surface area contributed by atoms with E-state index in [1.165, 1.54) is 35.9 Å². The molecule has 5 rings (SSSR count). The molecule has 1 atom stereocenters. The van der Waals surface area contributed by atoms with E-state index in [1.54, 1.807) is 24.3 Å². The molecule has 0 amide bonds. The molecule has 1 unspecified atom stereocenters. The van der Waals surface area contributed by atoms with Crippen LogP contribution < -0.4 is 21.7 Å². The van der Waals surface area contributed by atoms with E-state index < -0.39 is 17.1 Å². The van der Waals surface area contributed by atoms with Crippen molar-refractivity contribution in [3.63, 3.8) is 0 Å². The summed E-state index contributed by atoms with van der Waals surface area (Å²) in [6, 6.07) is 12.7. The number of hydrogen-bond acceptors (Lipinski definition) is 8. The standard InChI is InChI=1S/C24H24FN7O3/c1-30-23(33)20-22(32(24(30)34)18-6-4-16(25)5-7-18)29-28-21(27-20)15-2-8-19(9-3-15)35-13-12-31-11-10-17(26)14-31/h2-9,17H,10-14,26H2,1H3. The molecule has 0 spiro atoms.